The number of benzene rings is 1. The quantitative estimate of drug-likeness (QED) is 0.753. The first-order chi connectivity index (χ1) is 8.22. The number of hydrogen-bond acceptors (Lipinski definition) is 3. The second kappa shape index (κ2) is 4.52. The summed E-state index contributed by atoms with van der Waals surface area (Å²) in [5.41, 5.74) is 0.975. The largest absolute Gasteiger partial charge is 0.239 e. The highest BCUT2D eigenvalue weighted by Gasteiger charge is 2.20. The van der Waals surface area contributed by atoms with Crippen LogP contribution in [-0.2, 0) is 6.54 Å². The van der Waals surface area contributed by atoms with Crippen LogP contribution in [-0.4, -0.2) is 25.9 Å². The monoisotopic (exact) mass is 285 g/mol. The third kappa shape index (κ3) is 2.30. The molecule has 1 aliphatic rings. The van der Waals surface area contributed by atoms with Gasteiger partial charge in [-0.15, -0.1) is 16.7 Å². The van der Waals surface area contributed by atoms with Gasteiger partial charge in [-0.25, -0.2) is 9.67 Å². The van der Waals surface area contributed by atoms with Gasteiger partial charge in [-0.3, -0.25) is 0 Å². The van der Waals surface area contributed by atoms with Crippen molar-refractivity contribution in [2.45, 2.75) is 17.1 Å². The first kappa shape index (κ1) is 11.4. The van der Waals surface area contributed by atoms with Crippen molar-refractivity contribution in [3.63, 3.8) is 0 Å². The summed E-state index contributed by atoms with van der Waals surface area (Å²) >= 11 is 13.6. The fraction of sp³-hybridized carbons (Fsp3) is 0.273. The van der Waals surface area contributed by atoms with E-state index in [1.807, 2.05) is 28.9 Å². The minimum absolute atomic E-state index is 0.132. The first-order valence-electron chi connectivity index (χ1n) is 5.20. The molecule has 0 fully saturated rings. The summed E-state index contributed by atoms with van der Waals surface area (Å²) in [7, 11) is 0. The summed E-state index contributed by atoms with van der Waals surface area (Å²) in [6.45, 7) is 0.727. The average molecular weight is 286 g/mol. The predicted molar refractivity (Wildman–Crippen MR) is 70.8 cm³/mol. The normalized spacial score (nSPS) is 19.1. The summed E-state index contributed by atoms with van der Waals surface area (Å²) < 4.78 is 1.87. The Bertz CT molecular complexity index is 538. The maximum Gasteiger partial charge on any atom is 0.186 e. The zero-order chi connectivity index (χ0) is 11.8. The van der Waals surface area contributed by atoms with Gasteiger partial charge < -0.3 is 0 Å². The second-order valence-corrected chi connectivity index (χ2v) is 5.86. The van der Waals surface area contributed by atoms with Gasteiger partial charge in [0.15, 0.2) is 11.0 Å². The molecule has 2 aromatic rings. The molecular formula is C11H9Cl2N3S. The number of rotatable bonds is 1. The fourth-order valence-electron chi connectivity index (χ4n) is 1.68. The van der Waals surface area contributed by atoms with Crippen molar-refractivity contribution < 1.29 is 0 Å². The van der Waals surface area contributed by atoms with Crippen LogP contribution in [0, 0.1) is 0 Å². The molecule has 0 saturated heterocycles. The zero-order valence-electron chi connectivity index (χ0n) is 8.81. The molecule has 0 radical (unpaired) electrons. The van der Waals surface area contributed by atoms with Crippen LogP contribution in [0.2, 0.25) is 5.02 Å². The van der Waals surface area contributed by atoms with E-state index >= 15 is 0 Å². The van der Waals surface area contributed by atoms with Crippen molar-refractivity contribution in [2.24, 2.45) is 0 Å². The van der Waals surface area contributed by atoms with Crippen molar-refractivity contribution in [1.29, 1.82) is 0 Å². The van der Waals surface area contributed by atoms with Gasteiger partial charge in [0.1, 0.15) is 0 Å². The van der Waals surface area contributed by atoms with E-state index in [4.69, 9.17) is 23.2 Å². The van der Waals surface area contributed by atoms with Crippen LogP contribution >= 0.6 is 35.0 Å². The minimum atomic E-state index is 0.132. The highest BCUT2D eigenvalue weighted by Crippen LogP contribution is 2.28. The van der Waals surface area contributed by atoms with Gasteiger partial charge in [-0.2, -0.15) is 0 Å². The van der Waals surface area contributed by atoms with Gasteiger partial charge in [0.25, 0.3) is 0 Å². The standard InChI is InChI=1S/C11H9Cl2N3S/c12-8-3-1-7(2-4-8)10-14-11-16(15-10)5-9(13)6-17-11/h1-4,9H,5-6H2. The van der Waals surface area contributed by atoms with Crippen LogP contribution in [0.1, 0.15) is 0 Å². The summed E-state index contributed by atoms with van der Waals surface area (Å²) in [5, 5.41) is 6.24. The molecule has 0 aliphatic carbocycles. The average Bonchev–Trinajstić information content (AvgIpc) is 2.72. The minimum Gasteiger partial charge on any atom is -0.239 e. The lowest BCUT2D eigenvalue weighted by Gasteiger charge is -2.15. The van der Waals surface area contributed by atoms with Crippen LogP contribution in [0.25, 0.3) is 11.4 Å². The lowest BCUT2D eigenvalue weighted by Crippen LogP contribution is -2.19. The molecule has 0 amide bonds. The molecule has 1 aliphatic heterocycles. The summed E-state index contributed by atoms with van der Waals surface area (Å²) in [6.07, 6.45) is 0. The third-order valence-corrected chi connectivity index (χ3v) is 4.36. The molecule has 1 aromatic carbocycles. The van der Waals surface area contributed by atoms with Crippen LogP contribution in [0.3, 0.4) is 0 Å². The topological polar surface area (TPSA) is 30.7 Å². The predicted octanol–water partition coefficient (Wildman–Crippen LogP) is 3.31. The van der Waals surface area contributed by atoms with E-state index in [2.05, 4.69) is 10.1 Å². The Morgan fingerprint density at radius 3 is 2.82 bits per heavy atom. The molecule has 0 spiro atoms. The van der Waals surface area contributed by atoms with Gasteiger partial charge in [0.05, 0.1) is 11.9 Å². The summed E-state index contributed by atoms with van der Waals surface area (Å²) in [4.78, 5) is 4.50. The number of aromatic nitrogens is 3. The molecule has 88 valence electrons. The van der Waals surface area contributed by atoms with Gasteiger partial charge in [-0.1, -0.05) is 23.4 Å². The van der Waals surface area contributed by atoms with Gasteiger partial charge in [0.2, 0.25) is 0 Å². The zero-order valence-corrected chi connectivity index (χ0v) is 11.1. The van der Waals surface area contributed by atoms with Gasteiger partial charge in [-0.05, 0) is 24.3 Å². The molecular weight excluding hydrogens is 277 g/mol. The first-order valence-corrected chi connectivity index (χ1v) is 7.00. The molecule has 2 heterocycles. The summed E-state index contributed by atoms with van der Waals surface area (Å²) in [6, 6.07) is 7.53. The highest BCUT2D eigenvalue weighted by atomic mass is 35.5. The molecule has 1 atom stereocenters. The lowest BCUT2D eigenvalue weighted by molar-refractivity contribution is 0.545. The van der Waals surface area contributed by atoms with E-state index in [1.54, 1.807) is 11.8 Å². The van der Waals surface area contributed by atoms with Crippen LogP contribution in [0.15, 0.2) is 29.4 Å². The molecule has 1 aromatic heterocycles. The van der Waals surface area contributed by atoms with Gasteiger partial charge in [0, 0.05) is 16.3 Å². The second-order valence-electron chi connectivity index (χ2n) is 3.82. The van der Waals surface area contributed by atoms with Crippen LogP contribution in [0.5, 0.6) is 0 Å². The van der Waals surface area contributed by atoms with E-state index in [-0.39, 0.29) is 5.38 Å². The molecule has 6 heteroatoms. The number of thioether (sulfide) groups is 1. The number of hydrogen-bond donors (Lipinski definition) is 0. The molecule has 0 N–H and O–H groups in total. The van der Waals surface area contributed by atoms with Crippen molar-refractivity contribution in [3.05, 3.63) is 29.3 Å². The van der Waals surface area contributed by atoms with Crippen LogP contribution < -0.4 is 0 Å². The maximum absolute atomic E-state index is 6.09. The van der Waals surface area contributed by atoms with E-state index in [1.165, 1.54) is 0 Å². The molecule has 0 bridgehead atoms. The third-order valence-electron chi connectivity index (χ3n) is 2.50. The highest BCUT2D eigenvalue weighted by molar-refractivity contribution is 7.99. The Kier molecular flexibility index (Phi) is 3.03. The molecule has 0 saturated carbocycles. The molecule has 17 heavy (non-hydrogen) atoms. The van der Waals surface area contributed by atoms with E-state index in [0.29, 0.717) is 5.02 Å². The Morgan fingerprint density at radius 2 is 2.06 bits per heavy atom. The Hall–Kier alpha value is -0.710. The SMILES string of the molecule is Clc1ccc(-c2nc3n(n2)CC(Cl)CS3)cc1. The number of nitrogens with zero attached hydrogens (tertiary/aromatic N) is 3. The van der Waals surface area contributed by atoms with Crippen molar-refractivity contribution in [1.82, 2.24) is 14.8 Å². The van der Waals surface area contributed by atoms with Crippen molar-refractivity contribution in [2.75, 3.05) is 5.75 Å². The fourth-order valence-corrected chi connectivity index (χ4v) is 2.98. The van der Waals surface area contributed by atoms with E-state index in [9.17, 15) is 0 Å². The number of halogens is 2. The van der Waals surface area contributed by atoms with E-state index < -0.39 is 0 Å². The number of alkyl halides is 1. The smallest absolute Gasteiger partial charge is 0.186 e. The molecule has 3 nitrogen and oxygen atoms in total. The molecule has 1 unspecified atom stereocenters. The Morgan fingerprint density at radius 1 is 1.29 bits per heavy atom. The van der Waals surface area contributed by atoms with E-state index in [0.717, 1.165) is 28.8 Å². The molecule has 3 rings (SSSR count). The summed E-state index contributed by atoms with van der Waals surface area (Å²) in [5.74, 6) is 1.62. The lowest BCUT2D eigenvalue weighted by atomic mass is 10.2. The number of fused-ring (bicyclic) bond motifs is 1. The van der Waals surface area contributed by atoms with Crippen molar-refractivity contribution in [3.8, 4) is 11.4 Å². The van der Waals surface area contributed by atoms with Crippen molar-refractivity contribution >= 4 is 35.0 Å². The Labute approximate surface area is 113 Å². The maximum atomic E-state index is 6.09. The van der Waals surface area contributed by atoms with Crippen LogP contribution in [0.4, 0.5) is 0 Å². The Balaban J connectivity index is 1.97. The van der Waals surface area contributed by atoms with Gasteiger partial charge >= 0.3 is 0 Å².